The Bertz CT molecular complexity index is 1570. The van der Waals surface area contributed by atoms with Crippen LogP contribution >= 0.6 is 0 Å². The molecule has 0 radical (unpaired) electrons. The number of aliphatic hydroxyl groups excluding tert-OH is 2. The zero-order chi connectivity index (χ0) is 29.9. The van der Waals surface area contributed by atoms with E-state index in [2.05, 4.69) is 66.6 Å². The Morgan fingerprint density at radius 3 is 2.60 bits per heavy atom. The van der Waals surface area contributed by atoms with E-state index in [1.54, 1.807) is 4.57 Å². The number of aryl methyl sites for hydroxylation is 1. The molecule has 12 heteroatoms. The minimum absolute atomic E-state index is 0.0206. The van der Waals surface area contributed by atoms with Gasteiger partial charge >= 0.3 is 0 Å². The predicted octanol–water partition coefficient (Wildman–Crippen LogP) is 3.03. The van der Waals surface area contributed by atoms with Gasteiger partial charge in [0.15, 0.2) is 17.7 Å². The fraction of sp³-hybridized carbons (Fsp3) is 0.600. The molecule has 1 saturated heterocycles. The number of nitrogens with two attached hydrogens (primary N) is 1. The first kappa shape index (κ1) is 28.8. The number of rotatable bonds is 8. The van der Waals surface area contributed by atoms with Crippen LogP contribution in [0.3, 0.4) is 0 Å². The van der Waals surface area contributed by atoms with Crippen molar-refractivity contribution in [2.24, 2.45) is 5.92 Å². The lowest BCUT2D eigenvalue weighted by atomic mass is 9.76. The number of hydrogen-bond donors (Lipinski definition) is 4. The van der Waals surface area contributed by atoms with Gasteiger partial charge in [0.2, 0.25) is 0 Å². The van der Waals surface area contributed by atoms with Crippen molar-refractivity contribution in [1.82, 2.24) is 34.1 Å². The quantitative estimate of drug-likeness (QED) is 0.229. The van der Waals surface area contributed by atoms with E-state index in [0.717, 1.165) is 30.3 Å². The maximum atomic E-state index is 10.9. The summed E-state index contributed by atoms with van der Waals surface area (Å²) in [5.41, 5.74) is 9.59. The summed E-state index contributed by atoms with van der Waals surface area (Å²) >= 11 is 0. The predicted molar refractivity (Wildman–Crippen MR) is 158 cm³/mol. The molecule has 4 heterocycles. The van der Waals surface area contributed by atoms with Gasteiger partial charge in [-0.05, 0) is 62.1 Å². The van der Waals surface area contributed by atoms with Gasteiger partial charge in [0.05, 0.1) is 11.8 Å². The number of benzene rings is 1. The number of fused-ring (bicyclic) bond motifs is 2. The number of anilines is 1. The minimum atomic E-state index is -1.14. The summed E-state index contributed by atoms with van der Waals surface area (Å²) in [6, 6.07) is 6.68. The molecule has 0 bridgehead atoms. The smallest absolute Gasteiger partial charge is 0.167 e. The fourth-order valence-corrected chi connectivity index (χ4v) is 6.44. The van der Waals surface area contributed by atoms with E-state index < -0.39 is 24.5 Å². The Morgan fingerprint density at radius 1 is 1.12 bits per heavy atom. The first-order valence-electron chi connectivity index (χ1n) is 14.8. The SMILES string of the molecule is CC(C)N(C[C@H]1O[C@@H](n2cnc3c(N)ncnc32)[C@H](O)[C@@H]1O)[C@H]1C[C@@H](CCc2nc3cc(C(C)(C)C)ccc3n2O)C1. The highest BCUT2D eigenvalue weighted by molar-refractivity contribution is 5.81. The Kier molecular flexibility index (Phi) is 7.37. The summed E-state index contributed by atoms with van der Waals surface area (Å²) in [6.45, 7) is 11.3. The molecule has 226 valence electrons. The Balaban J connectivity index is 1.07. The van der Waals surface area contributed by atoms with Crippen molar-refractivity contribution in [3.05, 3.63) is 42.2 Å². The maximum absolute atomic E-state index is 10.9. The number of ether oxygens (including phenoxy) is 1. The third-order valence-electron chi connectivity index (χ3n) is 9.07. The van der Waals surface area contributed by atoms with E-state index in [-0.39, 0.29) is 17.3 Å². The van der Waals surface area contributed by atoms with Crippen molar-refractivity contribution in [1.29, 1.82) is 0 Å². The summed E-state index contributed by atoms with van der Waals surface area (Å²) < 4.78 is 9.07. The molecule has 1 saturated carbocycles. The lowest BCUT2D eigenvalue weighted by Crippen LogP contribution is -2.52. The van der Waals surface area contributed by atoms with Gasteiger partial charge < -0.3 is 25.9 Å². The van der Waals surface area contributed by atoms with Gasteiger partial charge in [-0.15, -0.1) is 0 Å². The van der Waals surface area contributed by atoms with Crippen LogP contribution in [0.15, 0.2) is 30.9 Å². The van der Waals surface area contributed by atoms with Crippen molar-refractivity contribution in [2.45, 2.75) is 102 Å². The van der Waals surface area contributed by atoms with Gasteiger partial charge in [-0.1, -0.05) is 26.8 Å². The van der Waals surface area contributed by atoms with Gasteiger partial charge in [-0.2, -0.15) is 4.73 Å². The van der Waals surface area contributed by atoms with Gasteiger partial charge in [-0.25, -0.2) is 19.9 Å². The number of imidazole rings is 2. The van der Waals surface area contributed by atoms with E-state index in [4.69, 9.17) is 15.5 Å². The summed E-state index contributed by atoms with van der Waals surface area (Å²) in [6.07, 6.45) is 2.96. The molecule has 4 aromatic rings. The molecule has 12 nitrogen and oxygen atoms in total. The van der Waals surface area contributed by atoms with Crippen molar-refractivity contribution in [3.8, 4) is 0 Å². The average Bonchev–Trinajstić information content (AvgIpc) is 3.56. The topological polar surface area (TPSA) is 161 Å². The Labute approximate surface area is 245 Å². The summed E-state index contributed by atoms with van der Waals surface area (Å²) in [5, 5.41) is 32.6. The molecule has 1 aliphatic carbocycles. The third kappa shape index (κ3) is 5.10. The van der Waals surface area contributed by atoms with Crippen LogP contribution in [0.25, 0.3) is 22.2 Å². The lowest BCUT2D eigenvalue weighted by molar-refractivity contribution is -0.0620. The third-order valence-corrected chi connectivity index (χ3v) is 9.07. The van der Waals surface area contributed by atoms with Gasteiger partial charge in [0.25, 0.3) is 0 Å². The number of aliphatic hydroxyl groups is 2. The van der Waals surface area contributed by atoms with E-state index in [1.165, 1.54) is 22.9 Å². The van der Waals surface area contributed by atoms with Crippen LogP contribution in [-0.2, 0) is 16.6 Å². The van der Waals surface area contributed by atoms with Crippen LogP contribution in [0.1, 0.15) is 71.5 Å². The van der Waals surface area contributed by atoms with Crippen molar-refractivity contribution >= 4 is 28.0 Å². The van der Waals surface area contributed by atoms with Crippen LogP contribution in [0.4, 0.5) is 5.82 Å². The van der Waals surface area contributed by atoms with Gasteiger partial charge in [0.1, 0.15) is 41.5 Å². The molecular formula is C30H42N8O4. The van der Waals surface area contributed by atoms with E-state index in [1.807, 2.05) is 6.07 Å². The van der Waals surface area contributed by atoms with E-state index in [9.17, 15) is 15.4 Å². The summed E-state index contributed by atoms with van der Waals surface area (Å²) in [5.74, 6) is 1.47. The van der Waals surface area contributed by atoms with Gasteiger partial charge in [0, 0.05) is 25.0 Å². The molecule has 42 heavy (non-hydrogen) atoms. The molecule has 1 aromatic carbocycles. The molecule has 0 amide bonds. The first-order valence-corrected chi connectivity index (χ1v) is 14.8. The number of hydrogen-bond acceptors (Lipinski definition) is 10. The largest absolute Gasteiger partial charge is 0.427 e. The number of nitrogen functional groups attached to an aromatic ring is 1. The van der Waals surface area contributed by atoms with Crippen LogP contribution in [0.2, 0.25) is 0 Å². The van der Waals surface area contributed by atoms with Crippen LogP contribution in [0, 0.1) is 5.92 Å². The molecular weight excluding hydrogens is 536 g/mol. The van der Waals surface area contributed by atoms with Crippen molar-refractivity contribution in [2.75, 3.05) is 12.3 Å². The zero-order valence-corrected chi connectivity index (χ0v) is 24.9. The lowest BCUT2D eigenvalue weighted by Gasteiger charge is -2.46. The van der Waals surface area contributed by atoms with E-state index >= 15 is 0 Å². The number of nitrogens with zero attached hydrogens (tertiary/aromatic N) is 7. The molecule has 6 rings (SSSR count). The molecule has 0 unspecified atom stereocenters. The van der Waals surface area contributed by atoms with Crippen LogP contribution < -0.4 is 5.73 Å². The Hall–Kier alpha value is -3.32. The highest BCUT2D eigenvalue weighted by Gasteiger charge is 2.46. The molecule has 0 spiro atoms. The normalized spacial score (nSPS) is 26.6. The minimum Gasteiger partial charge on any atom is -0.427 e. The molecule has 2 fully saturated rings. The summed E-state index contributed by atoms with van der Waals surface area (Å²) in [7, 11) is 0. The monoisotopic (exact) mass is 578 g/mol. The molecule has 3 aromatic heterocycles. The van der Waals surface area contributed by atoms with Crippen molar-refractivity contribution < 1.29 is 20.2 Å². The molecule has 1 aliphatic heterocycles. The molecule has 5 N–H and O–H groups in total. The Morgan fingerprint density at radius 2 is 1.88 bits per heavy atom. The molecule has 4 atom stereocenters. The maximum Gasteiger partial charge on any atom is 0.167 e. The highest BCUT2D eigenvalue weighted by Crippen LogP contribution is 2.38. The van der Waals surface area contributed by atoms with Crippen molar-refractivity contribution in [3.63, 3.8) is 0 Å². The number of aromatic nitrogens is 6. The van der Waals surface area contributed by atoms with Crippen LogP contribution in [-0.4, -0.2) is 86.5 Å². The summed E-state index contributed by atoms with van der Waals surface area (Å²) in [4.78, 5) is 19.6. The second-order valence-electron chi connectivity index (χ2n) is 13.2. The van der Waals surface area contributed by atoms with E-state index in [0.29, 0.717) is 41.9 Å². The second kappa shape index (κ2) is 10.7. The first-order chi connectivity index (χ1) is 19.9. The zero-order valence-electron chi connectivity index (χ0n) is 24.9. The standard InChI is InChI=1S/C30H42N8O4/c1-16(2)36(13-22-25(39)26(40)29(42-22)37-15-34-24-27(31)32-14-33-28(24)37)19-10-17(11-19)6-9-23-35-20-12-18(30(3,4)5)7-8-21(20)38(23)41/h7-8,12,14-17,19,22,25-26,29,39-41H,6,9-11,13H2,1-5H3,(H2,31,32,33)/t17-,19+,22-,25-,26-,29-/m1/s1. The van der Waals surface area contributed by atoms with Gasteiger partial charge in [-0.3, -0.25) is 9.47 Å². The highest BCUT2D eigenvalue weighted by atomic mass is 16.6. The fourth-order valence-electron chi connectivity index (χ4n) is 6.44. The molecule has 2 aliphatic rings. The van der Waals surface area contributed by atoms with Crippen LogP contribution in [0.5, 0.6) is 0 Å². The second-order valence-corrected chi connectivity index (χ2v) is 13.2. The average molecular weight is 579 g/mol.